The first kappa shape index (κ1) is 22.9. The van der Waals surface area contributed by atoms with Crippen LogP contribution in [0.15, 0.2) is 70.3 Å². The number of sulfonamides is 1. The van der Waals surface area contributed by atoms with Crippen LogP contribution in [-0.4, -0.2) is 38.6 Å². The van der Waals surface area contributed by atoms with E-state index in [9.17, 15) is 12.8 Å². The van der Waals surface area contributed by atoms with Crippen LogP contribution in [-0.2, 0) is 27.7 Å². The van der Waals surface area contributed by atoms with E-state index in [0.717, 1.165) is 30.9 Å². The Morgan fingerprint density at radius 2 is 2.00 bits per heavy atom. The van der Waals surface area contributed by atoms with E-state index in [2.05, 4.69) is 11.4 Å². The van der Waals surface area contributed by atoms with E-state index >= 15 is 0 Å². The molecule has 4 rings (SSSR count). The molecule has 0 saturated carbocycles. The van der Waals surface area contributed by atoms with Gasteiger partial charge in [0.15, 0.2) is 0 Å². The third kappa shape index (κ3) is 5.95. The number of thiophene rings is 1. The first-order chi connectivity index (χ1) is 15.5. The number of benzene rings is 2. The fourth-order valence-corrected chi connectivity index (χ4v) is 5.89. The second kappa shape index (κ2) is 10.6. The maximum Gasteiger partial charge on any atom is 0.243 e. The fourth-order valence-electron chi connectivity index (χ4n) is 3.70. The van der Waals surface area contributed by atoms with Gasteiger partial charge >= 0.3 is 0 Å². The highest BCUT2D eigenvalue weighted by Gasteiger charge is 2.29. The molecule has 0 aliphatic carbocycles. The number of rotatable bonds is 10. The first-order valence-corrected chi connectivity index (χ1v) is 13.0. The van der Waals surface area contributed by atoms with E-state index in [-0.39, 0.29) is 24.1 Å². The summed E-state index contributed by atoms with van der Waals surface area (Å²) < 4.78 is 53.4. The maximum absolute atomic E-state index is 13.7. The van der Waals surface area contributed by atoms with Crippen molar-refractivity contribution in [3.05, 3.63) is 82.3 Å². The number of ether oxygens (including phenoxy) is 2. The average Bonchev–Trinajstić information content (AvgIpc) is 3.48. The van der Waals surface area contributed by atoms with Crippen LogP contribution in [0.3, 0.4) is 0 Å². The molecule has 3 aromatic rings. The lowest BCUT2D eigenvalue weighted by molar-refractivity contribution is 0.0926. The molecule has 0 bridgehead atoms. The van der Waals surface area contributed by atoms with Crippen molar-refractivity contribution in [2.45, 2.75) is 36.8 Å². The standard InChI is InChI=1S/C24H26FNO4S2/c25-21-5-2-8-24(15-21)32(27,28)26(17-23-7-3-11-29-23)16-20-4-1-6-22(14-20)30-12-9-19-10-13-31-18-19/h1-2,4-6,8,10,13-15,18,23H,3,7,9,11-12,16-17H2. The Labute approximate surface area is 192 Å². The summed E-state index contributed by atoms with van der Waals surface area (Å²) in [5.41, 5.74) is 2.03. The fraction of sp³-hybridized carbons (Fsp3) is 0.333. The lowest BCUT2D eigenvalue weighted by Crippen LogP contribution is -2.37. The minimum Gasteiger partial charge on any atom is -0.493 e. The van der Waals surface area contributed by atoms with E-state index in [1.165, 1.54) is 28.1 Å². The van der Waals surface area contributed by atoms with Gasteiger partial charge in [0.05, 0.1) is 17.6 Å². The zero-order valence-electron chi connectivity index (χ0n) is 17.7. The van der Waals surface area contributed by atoms with Crippen molar-refractivity contribution in [2.24, 2.45) is 0 Å². The molecule has 0 radical (unpaired) electrons. The van der Waals surface area contributed by atoms with Crippen LogP contribution in [0.1, 0.15) is 24.0 Å². The van der Waals surface area contributed by atoms with Crippen LogP contribution in [0, 0.1) is 5.82 Å². The second-order valence-corrected chi connectivity index (χ2v) is 10.5. The summed E-state index contributed by atoms with van der Waals surface area (Å²) in [6, 6.07) is 14.6. The van der Waals surface area contributed by atoms with Crippen LogP contribution >= 0.6 is 11.3 Å². The van der Waals surface area contributed by atoms with Gasteiger partial charge in [-0.15, -0.1) is 0 Å². The van der Waals surface area contributed by atoms with Gasteiger partial charge in [0.2, 0.25) is 10.0 Å². The minimum absolute atomic E-state index is 0.0568. The van der Waals surface area contributed by atoms with E-state index < -0.39 is 15.8 Å². The van der Waals surface area contributed by atoms with Gasteiger partial charge in [-0.05, 0) is 71.1 Å². The van der Waals surface area contributed by atoms with Crippen molar-refractivity contribution in [2.75, 3.05) is 19.8 Å². The van der Waals surface area contributed by atoms with Gasteiger partial charge < -0.3 is 9.47 Å². The number of hydrogen-bond acceptors (Lipinski definition) is 5. The van der Waals surface area contributed by atoms with Crippen molar-refractivity contribution < 1.29 is 22.3 Å². The molecule has 5 nitrogen and oxygen atoms in total. The summed E-state index contributed by atoms with van der Waals surface area (Å²) in [6.07, 6.45) is 2.36. The highest BCUT2D eigenvalue weighted by Crippen LogP contribution is 2.24. The molecular weight excluding hydrogens is 449 g/mol. The van der Waals surface area contributed by atoms with E-state index in [1.54, 1.807) is 11.3 Å². The third-order valence-corrected chi connectivity index (χ3v) is 7.90. The van der Waals surface area contributed by atoms with Crippen LogP contribution in [0.5, 0.6) is 5.75 Å². The number of halogens is 1. The Morgan fingerprint density at radius 3 is 2.75 bits per heavy atom. The van der Waals surface area contributed by atoms with E-state index in [0.29, 0.717) is 19.0 Å². The molecule has 1 unspecified atom stereocenters. The number of nitrogens with zero attached hydrogens (tertiary/aromatic N) is 1. The monoisotopic (exact) mass is 475 g/mol. The molecule has 1 aliphatic heterocycles. The van der Waals surface area contributed by atoms with Crippen molar-refractivity contribution >= 4 is 21.4 Å². The number of hydrogen-bond donors (Lipinski definition) is 0. The molecule has 8 heteroatoms. The van der Waals surface area contributed by atoms with Crippen LogP contribution in [0.25, 0.3) is 0 Å². The molecule has 0 amide bonds. The Bertz CT molecular complexity index is 1110. The Morgan fingerprint density at radius 1 is 1.12 bits per heavy atom. The molecule has 2 aromatic carbocycles. The normalized spacial score (nSPS) is 16.5. The van der Waals surface area contributed by atoms with E-state index in [4.69, 9.17) is 9.47 Å². The van der Waals surface area contributed by atoms with Crippen molar-refractivity contribution in [1.82, 2.24) is 4.31 Å². The average molecular weight is 476 g/mol. The molecular formula is C24H26FNO4S2. The van der Waals surface area contributed by atoms with Gasteiger partial charge in [-0.2, -0.15) is 15.6 Å². The van der Waals surface area contributed by atoms with Crippen molar-refractivity contribution in [1.29, 1.82) is 0 Å². The molecule has 0 spiro atoms. The maximum atomic E-state index is 13.7. The SMILES string of the molecule is O=S(=O)(c1cccc(F)c1)N(Cc1cccc(OCCc2ccsc2)c1)CC1CCCO1. The van der Waals surface area contributed by atoms with Crippen LogP contribution in [0.2, 0.25) is 0 Å². The molecule has 1 aliphatic rings. The molecule has 1 saturated heterocycles. The summed E-state index contributed by atoms with van der Waals surface area (Å²) in [6.45, 7) is 1.55. The Balaban J connectivity index is 1.50. The second-order valence-electron chi connectivity index (χ2n) is 7.77. The zero-order chi connectivity index (χ0) is 22.4. The molecule has 1 fully saturated rings. The molecule has 32 heavy (non-hydrogen) atoms. The van der Waals surface area contributed by atoms with Gasteiger partial charge in [0, 0.05) is 26.1 Å². The summed E-state index contributed by atoms with van der Waals surface area (Å²) >= 11 is 1.66. The lowest BCUT2D eigenvalue weighted by atomic mass is 10.2. The molecule has 2 heterocycles. The van der Waals surface area contributed by atoms with Gasteiger partial charge in [0.1, 0.15) is 11.6 Å². The first-order valence-electron chi connectivity index (χ1n) is 10.6. The van der Waals surface area contributed by atoms with Crippen molar-refractivity contribution in [3.63, 3.8) is 0 Å². The smallest absolute Gasteiger partial charge is 0.243 e. The largest absolute Gasteiger partial charge is 0.493 e. The van der Waals surface area contributed by atoms with Gasteiger partial charge in [0.25, 0.3) is 0 Å². The van der Waals surface area contributed by atoms with Gasteiger partial charge in [-0.3, -0.25) is 0 Å². The van der Waals surface area contributed by atoms with Gasteiger partial charge in [-0.1, -0.05) is 18.2 Å². The molecule has 1 atom stereocenters. The summed E-state index contributed by atoms with van der Waals surface area (Å²) in [7, 11) is -3.89. The minimum atomic E-state index is -3.89. The van der Waals surface area contributed by atoms with Crippen LogP contribution in [0.4, 0.5) is 4.39 Å². The predicted molar refractivity (Wildman–Crippen MR) is 123 cm³/mol. The molecule has 1 aromatic heterocycles. The third-order valence-electron chi connectivity index (χ3n) is 5.36. The highest BCUT2D eigenvalue weighted by molar-refractivity contribution is 7.89. The molecule has 170 valence electrons. The van der Waals surface area contributed by atoms with Crippen molar-refractivity contribution in [3.8, 4) is 5.75 Å². The summed E-state index contributed by atoms with van der Waals surface area (Å²) in [5.74, 6) is 0.113. The topological polar surface area (TPSA) is 55.8 Å². The Kier molecular flexibility index (Phi) is 7.57. The summed E-state index contributed by atoms with van der Waals surface area (Å²) in [5, 5.41) is 4.14. The zero-order valence-corrected chi connectivity index (χ0v) is 19.3. The molecule has 0 N–H and O–H groups in total. The predicted octanol–water partition coefficient (Wildman–Crippen LogP) is 4.88. The van der Waals surface area contributed by atoms with E-state index in [1.807, 2.05) is 29.6 Å². The quantitative estimate of drug-likeness (QED) is 0.419. The lowest BCUT2D eigenvalue weighted by Gasteiger charge is -2.25. The highest BCUT2D eigenvalue weighted by atomic mass is 32.2. The Hall–Kier alpha value is -2.26. The van der Waals surface area contributed by atoms with Gasteiger partial charge in [-0.25, -0.2) is 12.8 Å². The van der Waals surface area contributed by atoms with Crippen LogP contribution < -0.4 is 4.74 Å². The summed E-state index contributed by atoms with van der Waals surface area (Å²) in [4.78, 5) is -0.0568.